The normalized spacial score (nSPS) is 17.7. The SMILES string of the molecule is NC1(c2ccc(-c3ncco3)cc2)CC1. The first-order valence-corrected chi connectivity index (χ1v) is 5.07. The Hall–Kier alpha value is -1.61. The van der Waals surface area contributed by atoms with Crippen LogP contribution >= 0.6 is 0 Å². The van der Waals surface area contributed by atoms with Gasteiger partial charge in [0.1, 0.15) is 6.26 Å². The Morgan fingerprint density at radius 2 is 1.93 bits per heavy atom. The molecular weight excluding hydrogens is 188 g/mol. The van der Waals surface area contributed by atoms with Crippen molar-refractivity contribution in [1.82, 2.24) is 4.98 Å². The van der Waals surface area contributed by atoms with Gasteiger partial charge in [0.05, 0.1) is 6.20 Å². The van der Waals surface area contributed by atoms with Gasteiger partial charge >= 0.3 is 0 Å². The van der Waals surface area contributed by atoms with Gasteiger partial charge < -0.3 is 10.2 Å². The molecule has 0 saturated heterocycles. The predicted octanol–water partition coefficient (Wildman–Crippen LogP) is 2.29. The molecule has 2 N–H and O–H groups in total. The highest BCUT2D eigenvalue weighted by atomic mass is 16.3. The molecule has 76 valence electrons. The predicted molar refractivity (Wildman–Crippen MR) is 57.0 cm³/mol. The average molecular weight is 200 g/mol. The van der Waals surface area contributed by atoms with E-state index >= 15 is 0 Å². The molecule has 0 bridgehead atoms. The Labute approximate surface area is 87.9 Å². The van der Waals surface area contributed by atoms with Crippen LogP contribution in [0.15, 0.2) is 41.1 Å². The van der Waals surface area contributed by atoms with Crippen molar-refractivity contribution in [2.45, 2.75) is 18.4 Å². The summed E-state index contributed by atoms with van der Waals surface area (Å²) in [7, 11) is 0. The molecule has 1 aromatic carbocycles. The Morgan fingerprint density at radius 3 is 2.47 bits per heavy atom. The molecule has 1 aliphatic carbocycles. The minimum atomic E-state index is -0.0604. The minimum Gasteiger partial charge on any atom is -0.445 e. The van der Waals surface area contributed by atoms with Gasteiger partial charge in [-0.1, -0.05) is 12.1 Å². The van der Waals surface area contributed by atoms with Crippen LogP contribution in [0.2, 0.25) is 0 Å². The molecule has 1 aromatic heterocycles. The lowest BCUT2D eigenvalue weighted by Crippen LogP contribution is -2.18. The van der Waals surface area contributed by atoms with Crippen molar-refractivity contribution in [2.75, 3.05) is 0 Å². The molecule has 0 radical (unpaired) electrons. The third kappa shape index (κ3) is 1.45. The third-order valence-electron chi connectivity index (χ3n) is 2.93. The summed E-state index contributed by atoms with van der Waals surface area (Å²) in [5.74, 6) is 0.656. The van der Waals surface area contributed by atoms with E-state index in [0.717, 1.165) is 18.4 Å². The van der Waals surface area contributed by atoms with Crippen molar-refractivity contribution in [3.05, 3.63) is 42.3 Å². The zero-order valence-corrected chi connectivity index (χ0v) is 8.31. The standard InChI is InChI=1S/C12H12N2O/c13-12(5-6-12)10-3-1-9(2-4-10)11-14-7-8-15-11/h1-4,7-8H,5-6,13H2. The van der Waals surface area contributed by atoms with Gasteiger partial charge in [-0.3, -0.25) is 0 Å². The molecule has 3 heteroatoms. The highest BCUT2D eigenvalue weighted by molar-refractivity contribution is 5.54. The lowest BCUT2D eigenvalue weighted by atomic mass is 10.0. The summed E-state index contributed by atoms with van der Waals surface area (Å²) >= 11 is 0. The van der Waals surface area contributed by atoms with Crippen molar-refractivity contribution >= 4 is 0 Å². The maximum atomic E-state index is 6.10. The fourth-order valence-corrected chi connectivity index (χ4v) is 1.73. The van der Waals surface area contributed by atoms with Crippen LogP contribution in [0.25, 0.3) is 11.5 Å². The van der Waals surface area contributed by atoms with E-state index < -0.39 is 0 Å². The van der Waals surface area contributed by atoms with E-state index in [1.165, 1.54) is 5.56 Å². The number of nitrogens with two attached hydrogens (primary N) is 1. The van der Waals surface area contributed by atoms with E-state index in [-0.39, 0.29) is 5.54 Å². The molecule has 15 heavy (non-hydrogen) atoms. The van der Waals surface area contributed by atoms with Crippen molar-refractivity contribution in [2.24, 2.45) is 5.73 Å². The first kappa shape index (κ1) is 8.68. The first-order valence-electron chi connectivity index (χ1n) is 5.07. The molecule has 0 unspecified atom stereocenters. The zero-order chi connectivity index (χ0) is 10.3. The number of benzene rings is 1. The monoisotopic (exact) mass is 200 g/mol. The summed E-state index contributed by atoms with van der Waals surface area (Å²) in [6.45, 7) is 0. The molecular formula is C12H12N2O. The molecule has 0 amide bonds. The van der Waals surface area contributed by atoms with Crippen LogP contribution in [0.3, 0.4) is 0 Å². The van der Waals surface area contributed by atoms with Gasteiger partial charge in [-0.25, -0.2) is 4.98 Å². The maximum Gasteiger partial charge on any atom is 0.225 e. The molecule has 3 rings (SSSR count). The van der Waals surface area contributed by atoms with E-state index in [0.29, 0.717) is 5.89 Å². The van der Waals surface area contributed by atoms with Gasteiger partial charge in [-0.15, -0.1) is 0 Å². The van der Waals surface area contributed by atoms with Gasteiger partial charge in [0.25, 0.3) is 0 Å². The number of hydrogen-bond donors (Lipinski definition) is 1. The number of aromatic nitrogens is 1. The lowest BCUT2D eigenvalue weighted by molar-refractivity contribution is 0.574. The third-order valence-corrected chi connectivity index (χ3v) is 2.93. The van der Waals surface area contributed by atoms with Crippen molar-refractivity contribution in [3.63, 3.8) is 0 Å². The second-order valence-corrected chi connectivity index (χ2v) is 4.07. The van der Waals surface area contributed by atoms with Crippen LogP contribution in [0.1, 0.15) is 18.4 Å². The fraction of sp³-hybridized carbons (Fsp3) is 0.250. The van der Waals surface area contributed by atoms with Gasteiger partial charge in [-0.05, 0) is 30.5 Å². The van der Waals surface area contributed by atoms with Crippen molar-refractivity contribution in [1.29, 1.82) is 0 Å². The molecule has 2 aromatic rings. The molecule has 1 aliphatic rings. The van der Waals surface area contributed by atoms with Crippen LogP contribution < -0.4 is 5.73 Å². The topological polar surface area (TPSA) is 52.0 Å². The van der Waals surface area contributed by atoms with Crippen molar-refractivity contribution < 1.29 is 4.42 Å². The molecule has 0 spiro atoms. The smallest absolute Gasteiger partial charge is 0.225 e. The summed E-state index contributed by atoms with van der Waals surface area (Å²) in [6.07, 6.45) is 5.40. The quantitative estimate of drug-likeness (QED) is 0.809. The van der Waals surface area contributed by atoms with E-state index in [4.69, 9.17) is 10.2 Å². The average Bonchev–Trinajstić information content (AvgIpc) is 2.84. The summed E-state index contributed by atoms with van der Waals surface area (Å²) < 4.78 is 5.22. The molecule has 0 aliphatic heterocycles. The minimum absolute atomic E-state index is 0.0604. The Bertz CT molecular complexity index is 455. The lowest BCUT2D eigenvalue weighted by Gasteiger charge is -2.08. The molecule has 0 atom stereocenters. The van der Waals surface area contributed by atoms with E-state index in [2.05, 4.69) is 17.1 Å². The van der Waals surface area contributed by atoms with Gasteiger partial charge in [-0.2, -0.15) is 0 Å². The van der Waals surface area contributed by atoms with E-state index in [1.54, 1.807) is 12.5 Å². The number of nitrogens with zero attached hydrogens (tertiary/aromatic N) is 1. The Kier molecular flexibility index (Phi) is 1.70. The van der Waals surface area contributed by atoms with E-state index in [9.17, 15) is 0 Å². The van der Waals surface area contributed by atoms with Crippen LogP contribution in [0.4, 0.5) is 0 Å². The summed E-state index contributed by atoms with van der Waals surface area (Å²) in [5, 5.41) is 0. The molecule has 1 fully saturated rings. The van der Waals surface area contributed by atoms with Crippen LogP contribution in [0.5, 0.6) is 0 Å². The molecule has 1 heterocycles. The number of rotatable bonds is 2. The summed E-state index contributed by atoms with van der Waals surface area (Å²) in [6, 6.07) is 8.14. The highest BCUT2D eigenvalue weighted by Crippen LogP contribution is 2.42. The second-order valence-electron chi connectivity index (χ2n) is 4.07. The second kappa shape index (κ2) is 2.94. The summed E-state index contributed by atoms with van der Waals surface area (Å²) in [5.41, 5.74) is 8.24. The van der Waals surface area contributed by atoms with Gasteiger partial charge in [0, 0.05) is 11.1 Å². The zero-order valence-electron chi connectivity index (χ0n) is 8.31. The van der Waals surface area contributed by atoms with E-state index in [1.807, 2.05) is 12.1 Å². The largest absolute Gasteiger partial charge is 0.445 e. The van der Waals surface area contributed by atoms with Crippen molar-refractivity contribution in [3.8, 4) is 11.5 Å². The Morgan fingerprint density at radius 1 is 1.20 bits per heavy atom. The summed E-state index contributed by atoms with van der Waals surface area (Å²) in [4.78, 5) is 4.10. The molecule has 1 saturated carbocycles. The first-order chi connectivity index (χ1) is 7.28. The Balaban J connectivity index is 1.94. The number of oxazole rings is 1. The van der Waals surface area contributed by atoms with Crippen LogP contribution in [0, 0.1) is 0 Å². The highest BCUT2D eigenvalue weighted by Gasteiger charge is 2.39. The fourth-order valence-electron chi connectivity index (χ4n) is 1.73. The molecule has 3 nitrogen and oxygen atoms in total. The van der Waals surface area contributed by atoms with Crippen LogP contribution in [-0.4, -0.2) is 4.98 Å². The van der Waals surface area contributed by atoms with Gasteiger partial charge in [0.15, 0.2) is 0 Å². The van der Waals surface area contributed by atoms with Gasteiger partial charge in [0.2, 0.25) is 5.89 Å². The number of hydrogen-bond acceptors (Lipinski definition) is 3. The van der Waals surface area contributed by atoms with Crippen LogP contribution in [-0.2, 0) is 5.54 Å². The maximum absolute atomic E-state index is 6.10.